The van der Waals surface area contributed by atoms with Gasteiger partial charge in [-0.2, -0.15) is 8.78 Å². The largest absolute Gasteiger partial charge is 0.457 e. The number of hydrogen-bond donors (Lipinski definition) is 4. The molecule has 1 aliphatic rings. The maximum absolute atomic E-state index is 13.3. The van der Waals surface area contributed by atoms with Gasteiger partial charge >= 0.3 is 0 Å². The molecule has 5 N–H and O–H groups in total. The van der Waals surface area contributed by atoms with E-state index < -0.39 is 42.9 Å². The zero-order valence-corrected chi connectivity index (χ0v) is 21.4. The van der Waals surface area contributed by atoms with E-state index >= 15 is 0 Å². The van der Waals surface area contributed by atoms with Gasteiger partial charge in [0.15, 0.2) is 0 Å². The van der Waals surface area contributed by atoms with Gasteiger partial charge in [0.25, 0.3) is 12.0 Å². The third kappa shape index (κ3) is 7.05. The minimum atomic E-state index is -1.94. The summed E-state index contributed by atoms with van der Waals surface area (Å²) in [4.78, 5) is 40.0. The van der Waals surface area contributed by atoms with Crippen LogP contribution in [0.4, 0.5) is 8.78 Å². The van der Waals surface area contributed by atoms with Gasteiger partial charge in [-0.25, -0.2) is 0 Å². The summed E-state index contributed by atoms with van der Waals surface area (Å²) in [5, 5.41) is 14.3. The minimum absolute atomic E-state index is 0.0905. The lowest BCUT2D eigenvalue weighted by atomic mass is 10.1. The Morgan fingerprint density at radius 2 is 1.72 bits per heavy atom. The normalized spacial score (nSPS) is 14.6. The summed E-state index contributed by atoms with van der Waals surface area (Å²) < 4.78 is 32.4. The lowest BCUT2D eigenvalue weighted by Gasteiger charge is -2.23. The van der Waals surface area contributed by atoms with Crippen LogP contribution in [0.2, 0.25) is 0 Å². The Balaban J connectivity index is 1.34. The second-order valence-electron chi connectivity index (χ2n) is 8.66. The molecule has 2 heterocycles. The van der Waals surface area contributed by atoms with Crippen LogP contribution in [0.3, 0.4) is 0 Å². The first-order chi connectivity index (χ1) is 18.7. The highest BCUT2D eigenvalue weighted by Gasteiger charge is 2.38. The third-order valence-corrected chi connectivity index (χ3v) is 6.90. The number of carbonyl (C=O) groups excluding carboxylic acids is 3. The van der Waals surface area contributed by atoms with Gasteiger partial charge in [0.1, 0.15) is 23.4 Å². The number of benzene rings is 2. The number of thiophene rings is 1. The Morgan fingerprint density at radius 1 is 1.03 bits per heavy atom. The van der Waals surface area contributed by atoms with Crippen LogP contribution in [-0.4, -0.2) is 47.6 Å². The fourth-order valence-corrected chi connectivity index (χ4v) is 4.75. The zero-order chi connectivity index (χ0) is 27.9. The topological polar surface area (TPSA) is 138 Å². The van der Waals surface area contributed by atoms with E-state index in [2.05, 4.69) is 10.6 Å². The fraction of sp³-hybridized carbons (Fsp3) is 0.185. The quantitative estimate of drug-likeness (QED) is 0.237. The van der Waals surface area contributed by atoms with Gasteiger partial charge in [-0.15, -0.1) is 11.3 Å². The van der Waals surface area contributed by atoms with Crippen molar-refractivity contribution < 1.29 is 27.9 Å². The Hall–Kier alpha value is -4.58. The Kier molecular flexibility index (Phi) is 8.67. The third-order valence-electron chi connectivity index (χ3n) is 5.96. The highest BCUT2D eigenvalue weighted by Crippen LogP contribution is 2.27. The van der Waals surface area contributed by atoms with Gasteiger partial charge in [0, 0.05) is 39.9 Å². The summed E-state index contributed by atoms with van der Waals surface area (Å²) in [6, 6.07) is 15.9. The molecule has 1 fully saturated rings. The van der Waals surface area contributed by atoms with Gasteiger partial charge in [0.2, 0.25) is 11.8 Å². The van der Waals surface area contributed by atoms with Crippen molar-refractivity contribution in [1.82, 2.24) is 15.5 Å². The van der Waals surface area contributed by atoms with E-state index in [1.54, 1.807) is 35.7 Å². The second-order valence-corrected chi connectivity index (χ2v) is 9.66. The molecule has 0 bridgehead atoms. The summed E-state index contributed by atoms with van der Waals surface area (Å²) >= 11 is 1.28. The van der Waals surface area contributed by atoms with Gasteiger partial charge < -0.3 is 26.0 Å². The molecular formula is C27H25F2N5O4S. The SMILES string of the molecule is N=C(N)c1csc(CNC(=O)C2CC(=C(F)F)CN2C(=O)CNC(=O)c2ccc(Oc3ccccc3)cc2)c1. The molecule has 202 valence electrons. The molecule has 0 radical (unpaired) electrons. The van der Waals surface area contributed by atoms with Crippen LogP contribution >= 0.6 is 11.3 Å². The Bertz CT molecular complexity index is 1410. The zero-order valence-electron chi connectivity index (χ0n) is 20.6. The number of nitrogen functional groups attached to an aromatic ring is 1. The molecule has 2 aromatic carbocycles. The number of nitrogens with two attached hydrogens (primary N) is 1. The van der Waals surface area contributed by atoms with Crippen molar-refractivity contribution >= 4 is 34.9 Å². The summed E-state index contributed by atoms with van der Waals surface area (Å²) in [5.74, 6) is -0.757. The minimum Gasteiger partial charge on any atom is -0.457 e. The molecule has 1 saturated heterocycles. The van der Waals surface area contributed by atoms with E-state index in [4.69, 9.17) is 15.9 Å². The number of nitrogens with one attached hydrogen (secondary N) is 3. The van der Waals surface area contributed by atoms with E-state index in [1.807, 2.05) is 18.2 Å². The summed E-state index contributed by atoms with van der Waals surface area (Å²) in [7, 11) is 0. The first-order valence-electron chi connectivity index (χ1n) is 11.8. The number of ether oxygens (including phenoxy) is 1. The average Bonchev–Trinajstić information content (AvgIpc) is 3.60. The van der Waals surface area contributed by atoms with Crippen molar-refractivity contribution in [2.75, 3.05) is 13.1 Å². The monoisotopic (exact) mass is 553 g/mol. The molecule has 39 heavy (non-hydrogen) atoms. The van der Waals surface area contributed by atoms with E-state index in [0.717, 1.165) is 4.90 Å². The van der Waals surface area contributed by atoms with Crippen LogP contribution in [0.1, 0.15) is 27.2 Å². The van der Waals surface area contributed by atoms with E-state index in [-0.39, 0.29) is 29.9 Å². The number of rotatable bonds is 9. The molecule has 9 nitrogen and oxygen atoms in total. The van der Waals surface area contributed by atoms with Crippen molar-refractivity contribution in [3.05, 3.63) is 93.7 Å². The molecule has 1 aliphatic heterocycles. The number of amides is 3. The molecule has 3 amide bonds. The molecule has 0 spiro atoms. The molecule has 1 aromatic heterocycles. The molecule has 12 heteroatoms. The van der Waals surface area contributed by atoms with Gasteiger partial charge in [-0.3, -0.25) is 19.8 Å². The number of amidine groups is 1. The number of likely N-dealkylation sites (tertiary alicyclic amines) is 1. The van der Waals surface area contributed by atoms with Crippen molar-refractivity contribution in [3.63, 3.8) is 0 Å². The van der Waals surface area contributed by atoms with Crippen LogP contribution in [0.15, 0.2) is 77.7 Å². The average molecular weight is 554 g/mol. The first kappa shape index (κ1) is 27.5. The van der Waals surface area contributed by atoms with Gasteiger partial charge in [-0.1, -0.05) is 18.2 Å². The predicted octanol–water partition coefficient (Wildman–Crippen LogP) is 3.62. The smallest absolute Gasteiger partial charge is 0.271 e. The Morgan fingerprint density at radius 3 is 2.36 bits per heavy atom. The number of carbonyl (C=O) groups is 3. The standard InChI is InChI=1S/C27H25F2N5O4S/c28-24(29)17-11-22(27(37)32-12-21-10-18(15-39-21)25(30)31)34(14-17)23(35)13-33-26(36)16-6-8-20(9-7-16)38-19-4-2-1-3-5-19/h1-10,15,22H,11-14H2,(H3,30,31)(H,32,37)(H,33,36). The van der Waals surface area contributed by atoms with Crippen molar-refractivity contribution in [2.24, 2.45) is 5.73 Å². The second kappa shape index (κ2) is 12.3. The van der Waals surface area contributed by atoms with Crippen LogP contribution < -0.4 is 21.1 Å². The lowest BCUT2D eigenvalue weighted by molar-refractivity contribution is -0.137. The molecule has 4 rings (SSSR count). The summed E-state index contributed by atoms with van der Waals surface area (Å²) in [5.41, 5.74) is 5.93. The summed E-state index contributed by atoms with van der Waals surface area (Å²) in [6.07, 6.45) is -2.24. The van der Waals surface area contributed by atoms with Crippen LogP contribution in [0.25, 0.3) is 0 Å². The summed E-state index contributed by atoms with van der Waals surface area (Å²) in [6.45, 7) is -0.791. The number of nitrogens with zero attached hydrogens (tertiary/aromatic N) is 1. The van der Waals surface area contributed by atoms with E-state index in [1.165, 1.54) is 23.5 Å². The highest BCUT2D eigenvalue weighted by atomic mass is 32.1. The van der Waals surface area contributed by atoms with Gasteiger partial charge in [0.05, 0.1) is 13.1 Å². The van der Waals surface area contributed by atoms with Crippen LogP contribution in [-0.2, 0) is 16.1 Å². The van der Waals surface area contributed by atoms with Crippen molar-refractivity contribution in [1.29, 1.82) is 5.41 Å². The number of halogens is 2. The molecule has 1 unspecified atom stereocenters. The molecule has 3 aromatic rings. The maximum Gasteiger partial charge on any atom is 0.271 e. The van der Waals surface area contributed by atoms with Crippen molar-refractivity contribution in [2.45, 2.75) is 19.0 Å². The molecule has 0 saturated carbocycles. The molecular weight excluding hydrogens is 528 g/mol. The van der Waals surface area contributed by atoms with Crippen LogP contribution in [0.5, 0.6) is 11.5 Å². The lowest BCUT2D eigenvalue weighted by Crippen LogP contribution is -2.48. The number of para-hydroxylation sites is 1. The van der Waals surface area contributed by atoms with Crippen molar-refractivity contribution in [3.8, 4) is 11.5 Å². The maximum atomic E-state index is 13.3. The molecule has 1 atom stereocenters. The predicted molar refractivity (Wildman–Crippen MR) is 142 cm³/mol. The first-order valence-corrected chi connectivity index (χ1v) is 12.7. The van der Waals surface area contributed by atoms with Crippen LogP contribution in [0, 0.1) is 5.41 Å². The molecule has 0 aliphatic carbocycles. The van der Waals surface area contributed by atoms with E-state index in [9.17, 15) is 23.2 Å². The van der Waals surface area contributed by atoms with Gasteiger partial charge in [-0.05, 0) is 42.5 Å². The number of hydrogen-bond acceptors (Lipinski definition) is 6. The van der Waals surface area contributed by atoms with E-state index in [0.29, 0.717) is 21.9 Å². The fourth-order valence-electron chi connectivity index (χ4n) is 3.92. The Labute approximate surface area is 226 Å². The highest BCUT2D eigenvalue weighted by molar-refractivity contribution is 7.10.